The summed E-state index contributed by atoms with van der Waals surface area (Å²) < 4.78 is 0. The summed E-state index contributed by atoms with van der Waals surface area (Å²) in [6, 6.07) is 4.10. The molecule has 0 aliphatic carbocycles. The lowest BCUT2D eigenvalue weighted by molar-refractivity contribution is -0.139. The van der Waals surface area contributed by atoms with Gasteiger partial charge in [-0.3, -0.25) is 14.4 Å². The molecule has 35 heavy (non-hydrogen) atoms. The quantitative estimate of drug-likeness (QED) is 0.334. The van der Waals surface area contributed by atoms with Crippen molar-refractivity contribution in [2.75, 3.05) is 32.7 Å². The van der Waals surface area contributed by atoms with E-state index >= 15 is 0 Å². The van der Waals surface area contributed by atoms with Gasteiger partial charge in [0.1, 0.15) is 11.8 Å². The number of nitrogens with zero attached hydrogens (tertiary/aromatic N) is 1. The standard InChI is InChI=1S/C24H34N4O6.ClH/c29-19-6-4-17(5-7-19)23(32)27-20(24(33)34)14-26-22(31)18-2-1-13-28(15-18)21(30)8-3-16-9-11-25-12-10-16;/h4-7,16,18,20,25,29H,1-3,8-15H2,(H,26,31)(H,27,32)(H,33,34);1H/t18-,20?;/m1./s1. The van der Waals surface area contributed by atoms with Gasteiger partial charge in [0.2, 0.25) is 11.8 Å². The van der Waals surface area contributed by atoms with E-state index in [1.807, 2.05) is 0 Å². The van der Waals surface area contributed by atoms with Crippen molar-refractivity contribution < 1.29 is 29.4 Å². The Morgan fingerprint density at radius 2 is 1.77 bits per heavy atom. The Hall–Kier alpha value is -2.85. The minimum absolute atomic E-state index is 0. The van der Waals surface area contributed by atoms with E-state index in [9.17, 15) is 29.4 Å². The van der Waals surface area contributed by atoms with Crippen LogP contribution in [0.15, 0.2) is 24.3 Å². The molecule has 1 aromatic carbocycles. The number of likely N-dealkylation sites (tertiary alicyclic amines) is 1. The molecule has 2 heterocycles. The first-order valence-electron chi connectivity index (χ1n) is 11.9. The van der Waals surface area contributed by atoms with E-state index in [-0.39, 0.29) is 42.1 Å². The van der Waals surface area contributed by atoms with Gasteiger partial charge in [-0.2, -0.15) is 0 Å². The maximum absolute atomic E-state index is 12.7. The van der Waals surface area contributed by atoms with Gasteiger partial charge in [0.25, 0.3) is 5.91 Å². The van der Waals surface area contributed by atoms with Crippen molar-refractivity contribution in [3.05, 3.63) is 29.8 Å². The number of piperidine rings is 2. The Morgan fingerprint density at radius 3 is 2.43 bits per heavy atom. The molecule has 2 fully saturated rings. The normalized spacial score (nSPS) is 19.2. The molecule has 0 spiro atoms. The molecule has 2 aliphatic rings. The second-order valence-electron chi connectivity index (χ2n) is 9.07. The molecule has 1 aromatic rings. The van der Waals surface area contributed by atoms with Crippen molar-refractivity contribution in [2.24, 2.45) is 11.8 Å². The number of phenols is 1. The summed E-state index contributed by atoms with van der Waals surface area (Å²) in [6.45, 7) is 2.69. The molecule has 2 saturated heterocycles. The molecule has 5 N–H and O–H groups in total. The molecule has 3 rings (SSSR count). The SMILES string of the molecule is Cl.O=C(NC(CNC(=O)[C@@H]1CCCN(C(=O)CCC2CCNCC2)C1)C(=O)O)c1ccc(O)cc1. The van der Waals surface area contributed by atoms with Crippen LogP contribution < -0.4 is 16.0 Å². The van der Waals surface area contributed by atoms with Gasteiger partial charge < -0.3 is 31.1 Å². The largest absolute Gasteiger partial charge is 0.508 e. The lowest BCUT2D eigenvalue weighted by Crippen LogP contribution is -2.51. The van der Waals surface area contributed by atoms with Crippen molar-refractivity contribution in [3.8, 4) is 5.75 Å². The van der Waals surface area contributed by atoms with Crippen molar-refractivity contribution in [2.45, 2.75) is 44.6 Å². The van der Waals surface area contributed by atoms with Crippen molar-refractivity contribution in [1.82, 2.24) is 20.9 Å². The summed E-state index contributed by atoms with van der Waals surface area (Å²) in [6.07, 6.45) is 4.88. The highest BCUT2D eigenvalue weighted by Gasteiger charge is 2.30. The Morgan fingerprint density at radius 1 is 1.09 bits per heavy atom. The Bertz CT molecular complexity index is 875. The molecule has 11 heteroatoms. The van der Waals surface area contributed by atoms with Crippen LogP contribution in [-0.4, -0.2) is 77.6 Å². The van der Waals surface area contributed by atoms with Crippen LogP contribution in [0.2, 0.25) is 0 Å². The van der Waals surface area contributed by atoms with E-state index in [0.29, 0.717) is 31.8 Å². The zero-order chi connectivity index (χ0) is 24.5. The van der Waals surface area contributed by atoms with E-state index in [2.05, 4.69) is 16.0 Å². The van der Waals surface area contributed by atoms with E-state index in [1.54, 1.807) is 4.90 Å². The van der Waals surface area contributed by atoms with Gasteiger partial charge in [0.05, 0.1) is 5.92 Å². The Kier molecular flexibility index (Phi) is 11.3. The second-order valence-corrected chi connectivity index (χ2v) is 9.07. The molecule has 2 atom stereocenters. The van der Waals surface area contributed by atoms with Crippen LogP contribution in [0.5, 0.6) is 5.75 Å². The Labute approximate surface area is 211 Å². The summed E-state index contributed by atoms with van der Waals surface area (Å²) in [4.78, 5) is 51.0. The number of halogens is 1. The average molecular weight is 511 g/mol. The van der Waals surface area contributed by atoms with Gasteiger partial charge in [0, 0.05) is 31.6 Å². The monoisotopic (exact) mass is 510 g/mol. The molecule has 194 valence electrons. The maximum Gasteiger partial charge on any atom is 0.328 e. The van der Waals surface area contributed by atoms with Crippen LogP contribution in [-0.2, 0) is 14.4 Å². The van der Waals surface area contributed by atoms with Crippen molar-refractivity contribution in [3.63, 3.8) is 0 Å². The molecular formula is C24H35ClN4O6. The average Bonchev–Trinajstić information content (AvgIpc) is 2.85. The number of benzene rings is 1. The molecule has 10 nitrogen and oxygen atoms in total. The molecule has 1 unspecified atom stereocenters. The highest BCUT2D eigenvalue weighted by molar-refractivity contribution is 5.96. The zero-order valence-electron chi connectivity index (χ0n) is 19.7. The fraction of sp³-hybridized carbons (Fsp3) is 0.583. The number of carbonyl (C=O) groups is 4. The maximum atomic E-state index is 12.7. The van der Waals surface area contributed by atoms with Crippen molar-refractivity contribution in [1.29, 1.82) is 0 Å². The fourth-order valence-electron chi connectivity index (χ4n) is 4.48. The summed E-state index contributed by atoms with van der Waals surface area (Å²) in [5.74, 6) is -1.99. The molecule has 0 radical (unpaired) electrons. The number of carbonyl (C=O) groups excluding carboxylic acids is 3. The van der Waals surface area contributed by atoms with Gasteiger partial charge in [-0.1, -0.05) is 0 Å². The summed E-state index contributed by atoms with van der Waals surface area (Å²) in [5.41, 5.74) is 0.196. The molecule has 0 saturated carbocycles. The third kappa shape index (κ3) is 8.70. The number of aromatic hydroxyl groups is 1. The van der Waals surface area contributed by atoms with Crippen LogP contribution in [0.4, 0.5) is 0 Å². The third-order valence-corrected chi connectivity index (χ3v) is 6.58. The van der Waals surface area contributed by atoms with Gasteiger partial charge in [-0.25, -0.2) is 4.79 Å². The van der Waals surface area contributed by atoms with Gasteiger partial charge >= 0.3 is 5.97 Å². The predicted octanol–water partition coefficient (Wildman–Crippen LogP) is 1.13. The number of hydrogen-bond acceptors (Lipinski definition) is 6. The first kappa shape index (κ1) is 28.4. The highest BCUT2D eigenvalue weighted by atomic mass is 35.5. The zero-order valence-corrected chi connectivity index (χ0v) is 20.5. The topological polar surface area (TPSA) is 148 Å². The van der Waals surface area contributed by atoms with Crippen molar-refractivity contribution >= 4 is 36.1 Å². The first-order valence-corrected chi connectivity index (χ1v) is 11.9. The van der Waals surface area contributed by atoms with Crippen LogP contribution in [0.3, 0.4) is 0 Å². The van der Waals surface area contributed by atoms with E-state index in [1.165, 1.54) is 24.3 Å². The predicted molar refractivity (Wildman–Crippen MR) is 131 cm³/mol. The van der Waals surface area contributed by atoms with Gasteiger partial charge in [0.15, 0.2) is 0 Å². The van der Waals surface area contributed by atoms with E-state index < -0.39 is 23.8 Å². The number of carboxylic acid groups (broad SMARTS) is 1. The molecule has 0 bridgehead atoms. The summed E-state index contributed by atoms with van der Waals surface area (Å²) in [5, 5.41) is 27.1. The van der Waals surface area contributed by atoms with Crippen LogP contribution in [0.1, 0.15) is 48.9 Å². The third-order valence-electron chi connectivity index (χ3n) is 6.58. The fourth-order valence-corrected chi connectivity index (χ4v) is 4.48. The molecule has 2 aliphatic heterocycles. The molecule has 3 amide bonds. The van der Waals surface area contributed by atoms with Gasteiger partial charge in [-0.05, 0) is 75.4 Å². The van der Waals surface area contributed by atoms with E-state index in [4.69, 9.17) is 0 Å². The second kappa shape index (κ2) is 13.9. The number of aliphatic carboxylic acids is 1. The number of hydrogen-bond donors (Lipinski definition) is 5. The smallest absolute Gasteiger partial charge is 0.328 e. The summed E-state index contributed by atoms with van der Waals surface area (Å²) in [7, 11) is 0. The number of amides is 3. The van der Waals surface area contributed by atoms with Crippen LogP contribution in [0, 0.1) is 11.8 Å². The number of rotatable bonds is 9. The number of carboxylic acids is 1. The molecular weight excluding hydrogens is 476 g/mol. The number of phenolic OH excluding ortho intramolecular Hbond substituents is 1. The van der Waals surface area contributed by atoms with E-state index in [0.717, 1.165) is 38.8 Å². The van der Waals surface area contributed by atoms with Gasteiger partial charge in [-0.15, -0.1) is 12.4 Å². The number of nitrogens with one attached hydrogen (secondary N) is 3. The Balaban J connectivity index is 0.00000432. The first-order chi connectivity index (χ1) is 16.3. The lowest BCUT2D eigenvalue weighted by Gasteiger charge is -2.33. The lowest BCUT2D eigenvalue weighted by atomic mass is 9.92. The minimum Gasteiger partial charge on any atom is -0.508 e. The minimum atomic E-state index is -1.31. The molecule has 0 aromatic heterocycles. The van der Waals surface area contributed by atoms with Crippen LogP contribution >= 0.6 is 12.4 Å². The van der Waals surface area contributed by atoms with Crippen LogP contribution in [0.25, 0.3) is 0 Å². The highest BCUT2D eigenvalue weighted by Crippen LogP contribution is 2.21. The summed E-state index contributed by atoms with van der Waals surface area (Å²) >= 11 is 0.